The first-order valence-corrected chi connectivity index (χ1v) is 8.52. The number of carbonyl (C=O) groups is 2. The maximum absolute atomic E-state index is 12.2. The first kappa shape index (κ1) is 17.1. The van der Waals surface area contributed by atoms with Gasteiger partial charge in [-0.3, -0.25) is 9.69 Å². The van der Waals surface area contributed by atoms with Crippen LogP contribution < -0.4 is 5.32 Å². The van der Waals surface area contributed by atoms with E-state index in [1.54, 1.807) is 9.80 Å². The highest BCUT2D eigenvalue weighted by atomic mass is 16.2. The zero-order chi connectivity index (χ0) is 16.1. The molecule has 2 aliphatic heterocycles. The van der Waals surface area contributed by atoms with Crippen molar-refractivity contribution in [2.75, 3.05) is 45.9 Å². The first-order chi connectivity index (χ1) is 10.5. The molecule has 0 saturated carbocycles. The smallest absolute Gasteiger partial charge is 0.319 e. The van der Waals surface area contributed by atoms with E-state index in [1.807, 2.05) is 6.92 Å². The molecular weight excluding hydrogens is 280 g/mol. The van der Waals surface area contributed by atoms with Gasteiger partial charge in [0.25, 0.3) is 0 Å². The second-order valence-electron chi connectivity index (χ2n) is 6.94. The number of urea groups is 1. The van der Waals surface area contributed by atoms with E-state index in [9.17, 15) is 9.59 Å². The third-order valence-corrected chi connectivity index (χ3v) is 4.46. The Kier molecular flexibility index (Phi) is 6.06. The second kappa shape index (κ2) is 7.81. The van der Waals surface area contributed by atoms with E-state index in [1.165, 1.54) is 19.4 Å². The highest BCUT2D eigenvalue weighted by Crippen LogP contribution is 2.17. The van der Waals surface area contributed by atoms with Crippen LogP contribution >= 0.6 is 0 Å². The van der Waals surface area contributed by atoms with Crippen molar-refractivity contribution in [3.63, 3.8) is 0 Å². The molecule has 0 aromatic carbocycles. The molecule has 2 rings (SSSR count). The number of hydrogen-bond acceptors (Lipinski definition) is 3. The summed E-state index contributed by atoms with van der Waals surface area (Å²) in [6.07, 6.45) is 2.38. The van der Waals surface area contributed by atoms with Crippen molar-refractivity contribution in [3.05, 3.63) is 0 Å². The summed E-state index contributed by atoms with van der Waals surface area (Å²) in [6.45, 7) is 11.8. The molecule has 1 atom stereocenters. The highest BCUT2D eigenvalue weighted by molar-refractivity contribution is 5.87. The quantitative estimate of drug-likeness (QED) is 0.830. The standard InChI is InChI=1S/C16H30N4O2/c1-4-19-12-20(11-15(19)21)16(22)17-8-14-6-5-7-18(10-14)9-13(2)3/h13-14H,4-12H2,1-3H3,(H,17,22). The Balaban J connectivity index is 1.73. The minimum Gasteiger partial charge on any atom is -0.338 e. The molecule has 6 nitrogen and oxygen atoms in total. The van der Waals surface area contributed by atoms with Crippen LogP contribution in [-0.4, -0.2) is 72.6 Å². The fraction of sp³-hybridized carbons (Fsp3) is 0.875. The summed E-state index contributed by atoms with van der Waals surface area (Å²) in [5, 5.41) is 3.01. The van der Waals surface area contributed by atoms with Gasteiger partial charge in [0.15, 0.2) is 0 Å². The number of nitrogens with one attached hydrogen (secondary N) is 1. The average Bonchev–Trinajstić information content (AvgIpc) is 2.85. The van der Waals surface area contributed by atoms with Crippen LogP contribution in [0.25, 0.3) is 0 Å². The van der Waals surface area contributed by atoms with Gasteiger partial charge in [-0.15, -0.1) is 0 Å². The van der Waals surface area contributed by atoms with E-state index in [0.29, 0.717) is 31.6 Å². The van der Waals surface area contributed by atoms with E-state index in [0.717, 1.165) is 13.1 Å². The van der Waals surface area contributed by atoms with Gasteiger partial charge in [0.2, 0.25) is 5.91 Å². The van der Waals surface area contributed by atoms with Gasteiger partial charge in [-0.25, -0.2) is 4.79 Å². The predicted octanol–water partition coefficient (Wildman–Crippen LogP) is 1.19. The van der Waals surface area contributed by atoms with Crippen molar-refractivity contribution in [2.45, 2.75) is 33.6 Å². The lowest BCUT2D eigenvalue weighted by molar-refractivity contribution is -0.126. The highest BCUT2D eigenvalue weighted by Gasteiger charge is 2.30. The van der Waals surface area contributed by atoms with Gasteiger partial charge >= 0.3 is 6.03 Å². The maximum atomic E-state index is 12.2. The molecule has 1 N–H and O–H groups in total. The summed E-state index contributed by atoms with van der Waals surface area (Å²) in [5.41, 5.74) is 0. The van der Waals surface area contributed by atoms with Crippen molar-refractivity contribution >= 4 is 11.9 Å². The number of likely N-dealkylation sites (N-methyl/N-ethyl adjacent to an activating group) is 1. The second-order valence-corrected chi connectivity index (χ2v) is 6.94. The molecular formula is C16H30N4O2. The van der Waals surface area contributed by atoms with Gasteiger partial charge in [-0.1, -0.05) is 13.8 Å². The van der Waals surface area contributed by atoms with Crippen molar-refractivity contribution in [3.8, 4) is 0 Å². The van der Waals surface area contributed by atoms with Gasteiger partial charge < -0.3 is 15.1 Å². The lowest BCUT2D eigenvalue weighted by Crippen LogP contribution is -2.45. The van der Waals surface area contributed by atoms with Crippen LogP contribution in [0.15, 0.2) is 0 Å². The molecule has 0 radical (unpaired) electrons. The molecule has 2 saturated heterocycles. The molecule has 2 heterocycles. The van der Waals surface area contributed by atoms with Crippen LogP contribution in [0.3, 0.4) is 0 Å². The topological polar surface area (TPSA) is 55.9 Å². The maximum Gasteiger partial charge on any atom is 0.319 e. The van der Waals surface area contributed by atoms with Crippen molar-refractivity contribution < 1.29 is 9.59 Å². The van der Waals surface area contributed by atoms with Crippen LogP contribution in [0, 0.1) is 11.8 Å². The van der Waals surface area contributed by atoms with Crippen LogP contribution in [-0.2, 0) is 4.79 Å². The molecule has 0 spiro atoms. The zero-order valence-corrected chi connectivity index (χ0v) is 14.2. The minimum absolute atomic E-state index is 0.0402. The average molecular weight is 310 g/mol. The number of piperidine rings is 1. The van der Waals surface area contributed by atoms with Crippen molar-refractivity contribution in [2.24, 2.45) is 11.8 Å². The molecule has 126 valence electrons. The number of hydrogen-bond donors (Lipinski definition) is 1. The largest absolute Gasteiger partial charge is 0.338 e. The van der Waals surface area contributed by atoms with Gasteiger partial charge in [0.05, 0.1) is 6.67 Å². The summed E-state index contributed by atoms with van der Waals surface area (Å²) in [7, 11) is 0. The fourth-order valence-corrected chi connectivity index (χ4v) is 3.35. The summed E-state index contributed by atoms with van der Waals surface area (Å²) in [4.78, 5) is 29.6. The van der Waals surface area contributed by atoms with Crippen molar-refractivity contribution in [1.82, 2.24) is 20.0 Å². The van der Waals surface area contributed by atoms with E-state index in [4.69, 9.17) is 0 Å². The van der Waals surface area contributed by atoms with Gasteiger partial charge in [0, 0.05) is 26.2 Å². The number of amides is 3. The molecule has 2 aliphatic rings. The Labute approximate surface area is 133 Å². The Morgan fingerprint density at radius 3 is 2.82 bits per heavy atom. The molecule has 0 aromatic heterocycles. The van der Waals surface area contributed by atoms with E-state index in [-0.39, 0.29) is 18.5 Å². The summed E-state index contributed by atoms with van der Waals surface area (Å²) < 4.78 is 0. The molecule has 2 fully saturated rings. The summed E-state index contributed by atoms with van der Waals surface area (Å²) >= 11 is 0. The number of nitrogens with zero attached hydrogens (tertiary/aromatic N) is 3. The molecule has 0 aromatic rings. The minimum atomic E-state index is -0.106. The fourth-order valence-electron chi connectivity index (χ4n) is 3.35. The van der Waals surface area contributed by atoms with E-state index < -0.39 is 0 Å². The molecule has 22 heavy (non-hydrogen) atoms. The lowest BCUT2D eigenvalue weighted by atomic mass is 9.97. The molecule has 6 heteroatoms. The van der Waals surface area contributed by atoms with Crippen LogP contribution in [0.2, 0.25) is 0 Å². The molecule has 0 aliphatic carbocycles. The number of carbonyl (C=O) groups excluding carboxylic acids is 2. The number of rotatable bonds is 5. The zero-order valence-electron chi connectivity index (χ0n) is 14.2. The molecule has 0 bridgehead atoms. The third-order valence-electron chi connectivity index (χ3n) is 4.46. The normalized spacial score (nSPS) is 23.5. The van der Waals surface area contributed by atoms with Gasteiger partial charge in [-0.2, -0.15) is 0 Å². The Bertz CT molecular complexity index is 400. The SMILES string of the molecule is CCN1CN(C(=O)NCC2CCCN(CC(C)C)C2)CC1=O. The van der Waals surface area contributed by atoms with Crippen LogP contribution in [0.1, 0.15) is 33.6 Å². The third kappa shape index (κ3) is 4.60. The van der Waals surface area contributed by atoms with Crippen molar-refractivity contribution in [1.29, 1.82) is 0 Å². The predicted molar refractivity (Wildman–Crippen MR) is 86.4 cm³/mol. The van der Waals surface area contributed by atoms with E-state index >= 15 is 0 Å². The van der Waals surface area contributed by atoms with Gasteiger partial charge in [0.1, 0.15) is 6.54 Å². The Morgan fingerprint density at radius 1 is 1.41 bits per heavy atom. The summed E-state index contributed by atoms with van der Waals surface area (Å²) in [5.74, 6) is 1.25. The van der Waals surface area contributed by atoms with Crippen LogP contribution in [0.5, 0.6) is 0 Å². The summed E-state index contributed by atoms with van der Waals surface area (Å²) in [6, 6.07) is -0.106. The Hall–Kier alpha value is -1.30. The van der Waals surface area contributed by atoms with Gasteiger partial charge in [-0.05, 0) is 38.1 Å². The number of likely N-dealkylation sites (tertiary alicyclic amines) is 1. The van der Waals surface area contributed by atoms with Crippen LogP contribution in [0.4, 0.5) is 4.79 Å². The van der Waals surface area contributed by atoms with E-state index in [2.05, 4.69) is 24.1 Å². The monoisotopic (exact) mass is 310 g/mol. The Morgan fingerprint density at radius 2 is 2.18 bits per heavy atom. The molecule has 1 unspecified atom stereocenters. The molecule has 3 amide bonds. The first-order valence-electron chi connectivity index (χ1n) is 8.52. The lowest BCUT2D eigenvalue weighted by Gasteiger charge is -2.34.